The van der Waals surface area contributed by atoms with Gasteiger partial charge in [0.2, 0.25) is 0 Å². The number of aromatic nitrogens is 1. The Kier molecular flexibility index (Phi) is 2.10. The van der Waals surface area contributed by atoms with Crippen molar-refractivity contribution in [2.24, 2.45) is 0 Å². The van der Waals surface area contributed by atoms with Crippen molar-refractivity contribution in [1.82, 2.24) is 15.4 Å². The first-order valence-corrected chi connectivity index (χ1v) is 4.23. The smallest absolute Gasteiger partial charge is 0.181 e. The topological polar surface area (TPSA) is 41.3 Å². The van der Waals surface area contributed by atoms with Crippen LogP contribution in [-0.4, -0.2) is 23.1 Å². The molecule has 1 aromatic heterocycles. The minimum Gasteiger partial charge on any atom is -0.448 e. The fourth-order valence-corrected chi connectivity index (χ4v) is 1.38. The maximum atomic E-state index is 5.11. The van der Waals surface area contributed by atoms with Crippen molar-refractivity contribution in [2.75, 3.05) is 13.1 Å². The molecule has 0 spiro atoms. The quantitative estimate of drug-likeness (QED) is 0.703. The fraction of sp³-hybridized carbons (Fsp3) is 0.625. The Morgan fingerprint density at radius 2 is 2.67 bits per heavy atom. The molecule has 1 fully saturated rings. The standard InChI is InChI=1S/C8H13N3O/c1-7-8(9-6-12-7)5-11-4-2-3-10-11/h6,10H,2-5H2,1H3. The number of nitrogens with zero attached hydrogens (tertiary/aromatic N) is 2. The van der Waals surface area contributed by atoms with E-state index in [1.54, 1.807) is 0 Å². The normalized spacial score (nSPS) is 18.8. The molecule has 66 valence electrons. The number of oxazole rings is 1. The third-order valence-electron chi connectivity index (χ3n) is 2.13. The Morgan fingerprint density at radius 3 is 3.25 bits per heavy atom. The SMILES string of the molecule is Cc1ocnc1CN1CCCN1. The molecule has 0 atom stereocenters. The number of nitrogens with one attached hydrogen (secondary N) is 1. The van der Waals surface area contributed by atoms with Crippen LogP contribution < -0.4 is 5.43 Å². The molecule has 1 aromatic rings. The molecule has 0 aromatic carbocycles. The summed E-state index contributed by atoms with van der Waals surface area (Å²) in [5.74, 6) is 0.920. The highest BCUT2D eigenvalue weighted by molar-refractivity contribution is 5.04. The Morgan fingerprint density at radius 1 is 1.75 bits per heavy atom. The van der Waals surface area contributed by atoms with E-state index in [-0.39, 0.29) is 0 Å². The van der Waals surface area contributed by atoms with Gasteiger partial charge in [0, 0.05) is 13.1 Å². The van der Waals surface area contributed by atoms with Crippen LogP contribution in [0.5, 0.6) is 0 Å². The van der Waals surface area contributed by atoms with Gasteiger partial charge in [-0.05, 0) is 13.3 Å². The lowest BCUT2D eigenvalue weighted by Crippen LogP contribution is -2.30. The molecule has 0 bridgehead atoms. The van der Waals surface area contributed by atoms with Gasteiger partial charge in [0.25, 0.3) is 0 Å². The van der Waals surface area contributed by atoms with Crippen molar-refractivity contribution in [1.29, 1.82) is 0 Å². The van der Waals surface area contributed by atoms with Crippen molar-refractivity contribution in [3.05, 3.63) is 17.8 Å². The minimum atomic E-state index is 0.850. The molecule has 0 aliphatic carbocycles. The molecule has 2 rings (SSSR count). The predicted molar refractivity (Wildman–Crippen MR) is 44.3 cm³/mol. The van der Waals surface area contributed by atoms with Crippen LogP contribution in [-0.2, 0) is 6.54 Å². The van der Waals surface area contributed by atoms with Crippen molar-refractivity contribution < 1.29 is 4.42 Å². The zero-order valence-electron chi connectivity index (χ0n) is 7.21. The van der Waals surface area contributed by atoms with Crippen LogP contribution in [0.3, 0.4) is 0 Å². The summed E-state index contributed by atoms with van der Waals surface area (Å²) < 4.78 is 5.11. The van der Waals surface area contributed by atoms with E-state index in [0.717, 1.165) is 31.1 Å². The summed E-state index contributed by atoms with van der Waals surface area (Å²) in [6.45, 7) is 4.98. The first-order chi connectivity index (χ1) is 5.86. The molecule has 1 N–H and O–H groups in total. The van der Waals surface area contributed by atoms with Crippen molar-refractivity contribution in [2.45, 2.75) is 19.9 Å². The minimum absolute atomic E-state index is 0.850. The first-order valence-electron chi connectivity index (χ1n) is 4.23. The summed E-state index contributed by atoms with van der Waals surface area (Å²) in [4.78, 5) is 4.13. The molecule has 0 amide bonds. The van der Waals surface area contributed by atoms with Crippen LogP contribution in [0.1, 0.15) is 17.9 Å². The highest BCUT2D eigenvalue weighted by Crippen LogP contribution is 2.08. The molecule has 12 heavy (non-hydrogen) atoms. The molecule has 2 heterocycles. The summed E-state index contributed by atoms with van der Waals surface area (Å²) in [7, 11) is 0. The average molecular weight is 167 g/mol. The summed E-state index contributed by atoms with van der Waals surface area (Å²) in [5.41, 5.74) is 4.31. The Hall–Kier alpha value is -0.870. The molecule has 1 aliphatic heterocycles. The van der Waals surface area contributed by atoms with Gasteiger partial charge in [0.15, 0.2) is 6.39 Å². The van der Waals surface area contributed by atoms with Crippen LogP contribution in [0.4, 0.5) is 0 Å². The molecule has 4 nitrogen and oxygen atoms in total. The third-order valence-corrected chi connectivity index (χ3v) is 2.13. The molecule has 1 saturated heterocycles. The summed E-state index contributed by atoms with van der Waals surface area (Å²) in [5, 5.41) is 2.17. The molecule has 0 radical (unpaired) electrons. The number of hydrazine groups is 1. The molecule has 0 saturated carbocycles. The molecular formula is C8H13N3O. The van der Waals surface area contributed by atoms with Crippen LogP contribution >= 0.6 is 0 Å². The number of hydrogen-bond acceptors (Lipinski definition) is 4. The van der Waals surface area contributed by atoms with Crippen molar-refractivity contribution >= 4 is 0 Å². The second-order valence-electron chi connectivity index (χ2n) is 3.04. The summed E-state index contributed by atoms with van der Waals surface area (Å²) >= 11 is 0. The van der Waals surface area contributed by atoms with E-state index in [4.69, 9.17) is 4.42 Å². The zero-order valence-corrected chi connectivity index (χ0v) is 7.21. The average Bonchev–Trinajstić information content (AvgIpc) is 2.65. The maximum Gasteiger partial charge on any atom is 0.181 e. The molecule has 4 heteroatoms. The summed E-state index contributed by atoms with van der Waals surface area (Å²) in [6, 6.07) is 0. The fourth-order valence-electron chi connectivity index (χ4n) is 1.38. The van der Waals surface area contributed by atoms with Gasteiger partial charge in [-0.15, -0.1) is 0 Å². The Bertz CT molecular complexity index is 253. The zero-order chi connectivity index (χ0) is 8.39. The Balaban J connectivity index is 1.98. The van der Waals surface area contributed by atoms with Crippen LogP contribution in [0.15, 0.2) is 10.8 Å². The molecule has 0 unspecified atom stereocenters. The predicted octanol–water partition coefficient (Wildman–Crippen LogP) is 0.693. The monoisotopic (exact) mass is 167 g/mol. The van der Waals surface area contributed by atoms with E-state index >= 15 is 0 Å². The van der Waals surface area contributed by atoms with E-state index in [9.17, 15) is 0 Å². The maximum absolute atomic E-state index is 5.11. The largest absolute Gasteiger partial charge is 0.448 e. The van der Waals surface area contributed by atoms with Gasteiger partial charge >= 0.3 is 0 Å². The third kappa shape index (κ3) is 1.49. The molecular weight excluding hydrogens is 154 g/mol. The van der Waals surface area contributed by atoms with Crippen molar-refractivity contribution in [3.63, 3.8) is 0 Å². The number of aryl methyl sites for hydroxylation is 1. The van der Waals surface area contributed by atoms with Crippen molar-refractivity contribution in [3.8, 4) is 0 Å². The number of rotatable bonds is 2. The van der Waals surface area contributed by atoms with Gasteiger partial charge in [0.05, 0.1) is 12.2 Å². The van der Waals surface area contributed by atoms with Gasteiger partial charge in [-0.2, -0.15) is 0 Å². The lowest BCUT2D eigenvalue weighted by atomic mass is 10.3. The highest BCUT2D eigenvalue weighted by Gasteiger charge is 2.13. The second-order valence-corrected chi connectivity index (χ2v) is 3.04. The lowest BCUT2D eigenvalue weighted by Gasteiger charge is -2.12. The van der Waals surface area contributed by atoms with Crippen LogP contribution in [0.25, 0.3) is 0 Å². The first kappa shape index (κ1) is 7.76. The van der Waals surface area contributed by atoms with E-state index in [1.807, 2.05) is 6.92 Å². The van der Waals surface area contributed by atoms with Gasteiger partial charge in [-0.25, -0.2) is 9.99 Å². The van der Waals surface area contributed by atoms with Gasteiger partial charge in [-0.1, -0.05) is 0 Å². The van der Waals surface area contributed by atoms with Crippen LogP contribution in [0, 0.1) is 6.92 Å². The highest BCUT2D eigenvalue weighted by atomic mass is 16.3. The lowest BCUT2D eigenvalue weighted by molar-refractivity contribution is 0.240. The van der Waals surface area contributed by atoms with E-state index in [1.165, 1.54) is 12.8 Å². The van der Waals surface area contributed by atoms with E-state index < -0.39 is 0 Å². The molecule has 1 aliphatic rings. The van der Waals surface area contributed by atoms with E-state index in [2.05, 4.69) is 15.4 Å². The van der Waals surface area contributed by atoms with E-state index in [0.29, 0.717) is 0 Å². The van der Waals surface area contributed by atoms with Gasteiger partial charge in [0.1, 0.15) is 5.76 Å². The van der Waals surface area contributed by atoms with Gasteiger partial charge in [-0.3, -0.25) is 5.43 Å². The Labute approximate surface area is 71.5 Å². The number of hydrogen-bond donors (Lipinski definition) is 1. The van der Waals surface area contributed by atoms with Gasteiger partial charge < -0.3 is 4.42 Å². The summed E-state index contributed by atoms with van der Waals surface area (Å²) in [6.07, 6.45) is 2.72. The van der Waals surface area contributed by atoms with Crippen LogP contribution in [0.2, 0.25) is 0 Å². The second kappa shape index (κ2) is 3.25.